The molecule has 0 aliphatic rings. The fraction of sp³-hybridized carbons (Fsp3) is 1.00. The van der Waals surface area contributed by atoms with Crippen LogP contribution in [0, 0.1) is 11.3 Å². The molecule has 0 saturated carbocycles. The monoisotopic (exact) mass is 246 g/mol. The number of rotatable bonds is 9. The Bertz CT molecular complexity index is 161. The van der Waals surface area contributed by atoms with Crippen LogP contribution in [0.4, 0.5) is 0 Å². The first kappa shape index (κ1) is 16.3. The molecule has 0 heterocycles. The van der Waals surface area contributed by atoms with Crippen LogP contribution in [-0.4, -0.2) is 5.38 Å². The Hall–Kier alpha value is 0.290. The molecule has 1 atom stereocenters. The van der Waals surface area contributed by atoms with Crippen LogP contribution in [0.15, 0.2) is 0 Å². The molecule has 0 rings (SSSR count). The lowest BCUT2D eigenvalue weighted by Gasteiger charge is -2.34. The van der Waals surface area contributed by atoms with Crippen LogP contribution in [0.3, 0.4) is 0 Å². The van der Waals surface area contributed by atoms with Gasteiger partial charge in [-0.15, -0.1) is 11.6 Å². The van der Waals surface area contributed by atoms with E-state index in [1.807, 2.05) is 0 Å². The maximum Gasteiger partial charge on any atom is 0.0389 e. The summed E-state index contributed by atoms with van der Waals surface area (Å²) in [5, 5.41) is 0.332. The molecule has 0 aromatic rings. The van der Waals surface area contributed by atoms with Crippen LogP contribution in [0.1, 0.15) is 79.6 Å². The number of unbranched alkanes of at least 4 members (excludes halogenated alkanes) is 5. The van der Waals surface area contributed by atoms with Crippen LogP contribution in [0.25, 0.3) is 0 Å². The predicted octanol–water partition coefficient (Wildman–Crippen LogP) is 6.03. The van der Waals surface area contributed by atoms with E-state index in [9.17, 15) is 0 Å². The minimum atomic E-state index is 0.269. The standard InChI is InChI=1S/C15H31Cl/c1-6-7-8-9-10-11-12-14(16)15(4,5)13(2)3/h13-14H,6-12H2,1-5H3. The van der Waals surface area contributed by atoms with Gasteiger partial charge in [-0.05, 0) is 17.8 Å². The third kappa shape index (κ3) is 6.13. The van der Waals surface area contributed by atoms with Crippen molar-refractivity contribution in [3.8, 4) is 0 Å². The van der Waals surface area contributed by atoms with Crippen molar-refractivity contribution in [2.45, 2.75) is 84.9 Å². The van der Waals surface area contributed by atoms with E-state index in [2.05, 4.69) is 34.6 Å². The normalized spacial score (nSPS) is 14.4. The molecule has 0 amide bonds. The number of alkyl halides is 1. The van der Waals surface area contributed by atoms with E-state index in [4.69, 9.17) is 11.6 Å². The Labute approximate surface area is 108 Å². The summed E-state index contributed by atoms with van der Waals surface area (Å²) in [7, 11) is 0. The summed E-state index contributed by atoms with van der Waals surface area (Å²) in [6.45, 7) is 11.4. The molecule has 1 unspecified atom stereocenters. The largest absolute Gasteiger partial charge is 0.122 e. The smallest absolute Gasteiger partial charge is 0.0389 e. The Morgan fingerprint density at radius 1 is 0.938 bits per heavy atom. The lowest BCUT2D eigenvalue weighted by Crippen LogP contribution is -2.30. The minimum absolute atomic E-state index is 0.269. The van der Waals surface area contributed by atoms with Gasteiger partial charge in [0.25, 0.3) is 0 Å². The van der Waals surface area contributed by atoms with Crippen LogP contribution < -0.4 is 0 Å². The molecule has 0 radical (unpaired) electrons. The fourth-order valence-electron chi connectivity index (χ4n) is 1.84. The van der Waals surface area contributed by atoms with Crippen molar-refractivity contribution in [1.82, 2.24) is 0 Å². The highest BCUT2D eigenvalue weighted by Crippen LogP contribution is 2.36. The average Bonchev–Trinajstić information content (AvgIpc) is 2.22. The van der Waals surface area contributed by atoms with E-state index >= 15 is 0 Å². The zero-order valence-electron chi connectivity index (χ0n) is 12.0. The van der Waals surface area contributed by atoms with Crippen LogP contribution in [0.5, 0.6) is 0 Å². The van der Waals surface area contributed by atoms with Crippen molar-refractivity contribution in [2.75, 3.05) is 0 Å². The van der Waals surface area contributed by atoms with Crippen molar-refractivity contribution in [2.24, 2.45) is 11.3 Å². The maximum absolute atomic E-state index is 6.51. The third-order valence-electron chi connectivity index (χ3n) is 4.11. The van der Waals surface area contributed by atoms with Gasteiger partial charge in [0.15, 0.2) is 0 Å². The number of hydrogen-bond acceptors (Lipinski definition) is 0. The van der Waals surface area contributed by atoms with Gasteiger partial charge in [0.2, 0.25) is 0 Å². The molecule has 0 N–H and O–H groups in total. The van der Waals surface area contributed by atoms with Gasteiger partial charge in [0.05, 0.1) is 0 Å². The summed E-state index contributed by atoms with van der Waals surface area (Å²) in [5.74, 6) is 0.662. The second-order valence-electron chi connectivity index (χ2n) is 6.00. The maximum atomic E-state index is 6.51. The van der Waals surface area contributed by atoms with Gasteiger partial charge in [-0.25, -0.2) is 0 Å². The van der Waals surface area contributed by atoms with Gasteiger partial charge in [0, 0.05) is 5.38 Å². The van der Waals surface area contributed by atoms with E-state index < -0.39 is 0 Å². The lowest BCUT2D eigenvalue weighted by atomic mass is 9.76. The topological polar surface area (TPSA) is 0 Å². The van der Waals surface area contributed by atoms with E-state index in [0.717, 1.165) is 0 Å². The first-order valence-electron chi connectivity index (χ1n) is 7.07. The first-order chi connectivity index (χ1) is 7.42. The second kappa shape index (κ2) is 8.39. The van der Waals surface area contributed by atoms with Crippen molar-refractivity contribution in [3.63, 3.8) is 0 Å². The molecular formula is C15H31Cl. The quantitative estimate of drug-likeness (QED) is 0.344. The molecule has 0 aliphatic heterocycles. The van der Waals surface area contributed by atoms with E-state index in [-0.39, 0.29) is 5.41 Å². The summed E-state index contributed by atoms with van der Waals surface area (Å²) >= 11 is 6.51. The summed E-state index contributed by atoms with van der Waals surface area (Å²) in [4.78, 5) is 0. The first-order valence-corrected chi connectivity index (χ1v) is 7.50. The molecule has 0 bridgehead atoms. The predicted molar refractivity (Wildman–Crippen MR) is 76.3 cm³/mol. The molecule has 16 heavy (non-hydrogen) atoms. The minimum Gasteiger partial charge on any atom is -0.122 e. The molecule has 0 aromatic carbocycles. The van der Waals surface area contributed by atoms with Crippen LogP contribution in [-0.2, 0) is 0 Å². The van der Waals surface area contributed by atoms with Gasteiger partial charge < -0.3 is 0 Å². The Balaban J connectivity index is 3.61. The Morgan fingerprint density at radius 3 is 1.94 bits per heavy atom. The SMILES string of the molecule is CCCCCCCCC(Cl)C(C)(C)C(C)C. The molecule has 0 saturated heterocycles. The van der Waals surface area contributed by atoms with Crippen molar-refractivity contribution in [3.05, 3.63) is 0 Å². The van der Waals surface area contributed by atoms with Gasteiger partial charge in [-0.3, -0.25) is 0 Å². The molecule has 0 nitrogen and oxygen atoms in total. The number of hydrogen-bond donors (Lipinski definition) is 0. The molecule has 0 aliphatic carbocycles. The molecule has 1 heteroatoms. The van der Waals surface area contributed by atoms with E-state index in [0.29, 0.717) is 11.3 Å². The second-order valence-corrected chi connectivity index (χ2v) is 6.53. The highest BCUT2D eigenvalue weighted by atomic mass is 35.5. The lowest BCUT2D eigenvalue weighted by molar-refractivity contribution is 0.227. The van der Waals surface area contributed by atoms with E-state index in [1.54, 1.807) is 0 Å². The number of halogens is 1. The average molecular weight is 247 g/mol. The molecule has 0 aromatic heterocycles. The highest BCUT2D eigenvalue weighted by Gasteiger charge is 2.30. The summed E-state index contributed by atoms with van der Waals surface area (Å²) in [6, 6.07) is 0. The highest BCUT2D eigenvalue weighted by molar-refractivity contribution is 6.21. The van der Waals surface area contributed by atoms with Gasteiger partial charge in [-0.2, -0.15) is 0 Å². The van der Waals surface area contributed by atoms with Gasteiger partial charge >= 0.3 is 0 Å². The molecular weight excluding hydrogens is 216 g/mol. The summed E-state index contributed by atoms with van der Waals surface area (Å²) in [6.07, 6.45) is 9.35. The van der Waals surface area contributed by atoms with Crippen molar-refractivity contribution < 1.29 is 0 Å². The van der Waals surface area contributed by atoms with Crippen molar-refractivity contribution in [1.29, 1.82) is 0 Å². The zero-order chi connectivity index (χ0) is 12.6. The zero-order valence-corrected chi connectivity index (χ0v) is 12.7. The Kier molecular flexibility index (Phi) is 8.54. The van der Waals surface area contributed by atoms with E-state index in [1.165, 1.54) is 44.9 Å². The summed E-state index contributed by atoms with van der Waals surface area (Å²) < 4.78 is 0. The van der Waals surface area contributed by atoms with Crippen LogP contribution >= 0.6 is 11.6 Å². The molecule has 0 fully saturated rings. The van der Waals surface area contributed by atoms with Gasteiger partial charge in [-0.1, -0.05) is 73.1 Å². The molecule has 98 valence electrons. The summed E-state index contributed by atoms with van der Waals surface area (Å²) in [5.41, 5.74) is 0.269. The van der Waals surface area contributed by atoms with Crippen LogP contribution in [0.2, 0.25) is 0 Å². The van der Waals surface area contributed by atoms with Gasteiger partial charge in [0.1, 0.15) is 0 Å². The molecule has 0 spiro atoms. The van der Waals surface area contributed by atoms with Crippen molar-refractivity contribution >= 4 is 11.6 Å². The Morgan fingerprint density at radius 2 is 1.44 bits per heavy atom. The fourth-order valence-corrected chi connectivity index (χ4v) is 2.24. The third-order valence-corrected chi connectivity index (χ3v) is 4.89.